The Hall–Kier alpha value is -2.63. The first-order valence-corrected chi connectivity index (χ1v) is 10.4. The Morgan fingerprint density at radius 1 is 1.19 bits per heavy atom. The van der Waals surface area contributed by atoms with Gasteiger partial charge in [0.25, 0.3) is 0 Å². The molecule has 32 heavy (non-hydrogen) atoms. The fourth-order valence-corrected chi connectivity index (χ4v) is 2.89. The SMILES string of the molecule is COc1ccc(CCNC(=NCc2nnc(C)n2C)NCc2cc(C(C)C)no2)cc1.I. The zero-order chi connectivity index (χ0) is 22.2. The predicted octanol–water partition coefficient (Wildman–Crippen LogP) is 3.34. The van der Waals surface area contributed by atoms with Crippen molar-refractivity contribution < 1.29 is 9.26 Å². The normalized spacial score (nSPS) is 11.4. The number of nitrogens with one attached hydrogen (secondary N) is 2. The molecule has 2 aromatic heterocycles. The lowest BCUT2D eigenvalue weighted by Gasteiger charge is -2.12. The van der Waals surface area contributed by atoms with E-state index < -0.39 is 0 Å². The smallest absolute Gasteiger partial charge is 0.192 e. The Labute approximate surface area is 206 Å². The van der Waals surface area contributed by atoms with Crippen LogP contribution >= 0.6 is 24.0 Å². The van der Waals surface area contributed by atoms with Gasteiger partial charge in [-0.1, -0.05) is 31.1 Å². The maximum Gasteiger partial charge on any atom is 0.192 e. The summed E-state index contributed by atoms with van der Waals surface area (Å²) < 4.78 is 12.6. The van der Waals surface area contributed by atoms with Crippen LogP contribution in [-0.2, 0) is 26.6 Å². The van der Waals surface area contributed by atoms with E-state index >= 15 is 0 Å². The van der Waals surface area contributed by atoms with Crippen LogP contribution in [0, 0.1) is 6.92 Å². The highest BCUT2D eigenvalue weighted by atomic mass is 127. The molecule has 2 heterocycles. The Balaban J connectivity index is 0.00000363. The average molecular weight is 553 g/mol. The van der Waals surface area contributed by atoms with Crippen LogP contribution in [0.1, 0.15) is 48.4 Å². The summed E-state index contributed by atoms with van der Waals surface area (Å²) in [7, 11) is 3.61. The lowest BCUT2D eigenvalue weighted by atomic mass is 10.1. The molecule has 0 aliphatic carbocycles. The first-order chi connectivity index (χ1) is 15.0. The molecule has 3 aromatic rings. The molecular formula is C22H32IN7O2. The molecule has 0 aliphatic heterocycles. The van der Waals surface area contributed by atoms with Gasteiger partial charge in [0, 0.05) is 19.7 Å². The number of benzene rings is 1. The minimum Gasteiger partial charge on any atom is -0.497 e. The molecule has 0 saturated heterocycles. The third-order valence-electron chi connectivity index (χ3n) is 5.03. The Kier molecular flexibility index (Phi) is 9.95. The highest BCUT2D eigenvalue weighted by molar-refractivity contribution is 14.0. The number of aromatic nitrogens is 4. The number of ether oxygens (including phenoxy) is 1. The number of nitrogens with zero attached hydrogens (tertiary/aromatic N) is 5. The molecule has 9 nitrogen and oxygen atoms in total. The molecule has 0 atom stereocenters. The van der Waals surface area contributed by atoms with Crippen molar-refractivity contribution in [3.8, 4) is 5.75 Å². The predicted molar refractivity (Wildman–Crippen MR) is 134 cm³/mol. The van der Waals surface area contributed by atoms with Crippen LogP contribution in [0.4, 0.5) is 0 Å². The van der Waals surface area contributed by atoms with E-state index in [0.717, 1.165) is 41.8 Å². The zero-order valence-corrected chi connectivity index (χ0v) is 21.6. The van der Waals surface area contributed by atoms with E-state index in [9.17, 15) is 0 Å². The van der Waals surface area contributed by atoms with Gasteiger partial charge in [0.15, 0.2) is 17.5 Å². The second kappa shape index (κ2) is 12.4. The summed E-state index contributed by atoms with van der Waals surface area (Å²) in [6, 6.07) is 10.0. The van der Waals surface area contributed by atoms with Gasteiger partial charge in [0.2, 0.25) is 0 Å². The topological polar surface area (TPSA) is 102 Å². The molecule has 0 spiro atoms. The highest BCUT2D eigenvalue weighted by Crippen LogP contribution is 2.14. The van der Waals surface area contributed by atoms with E-state index in [4.69, 9.17) is 9.26 Å². The fourth-order valence-electron chi connectivity index (χ4n) is 2.89. The van der Waals surface area contributed by atoms with E-state index in [-0.39, 0.29) is 24.0 Å². The van der Waals surface area contributed by atoms with Gasteiger partial charge in [0.05, 0.1) is 19.3 Å². The minimum atomic E-state index is 0. The van der Waals surface area contributed by atoms with Gasteiger partial charge in [0.1, 0.15) is 18.1 Å². The standard InChI is InChI=1S/C22H31N7O2.HI/c1-15(2)20-12-19(31-28-20)13-24-22(25-14-21-27-26-16(3)29(21)4)23-11-10-17-6-8-18(30-5)9-7-17;/h6-9,12,15H,10-11,13-14H2,1-5H3,(H2,23,24,25);1H. The van der Waals surface area contributed by atoms with Crippen LogP contribution < -0.4 is 15.4 Å². The van der Waals surface area contributed by atoms with E-state index in [1.807, 2.05) is 36.7 Å². The van der Waals surface area contributed by atoms with Crippen LogP contribution in [0.25, 0.3) is 0 Å². The van der Waals surface area contributed by atoms with Crippen molar-refractivity contribution in [2.24, 2.45) is 12.0 Å². The molecule has 3 rings (SSSR count). The van der Waals surface area contributed by atoms with E-state index in [0.29, 0.717) is 25.0 Å². The molecule has 0 fully saturated rings. The van der Waals surface area contributed by atoms with Crippen LogP contribution in [0.15, 0.2) is 39.8 Å². The Bertz CT molecular complexity index is 996. The molecular weight excluding hydrogens is 521 g/mol. The molecule has 0 unspecified atom stereocenters. The third-order valence-corrected chi connectivity index (χ3v) is 5.03. The molecule has 174 valence electrons. The number of hydrogen-bond acceptors (Lipinski definition) is 6. The molecule has 0 radical (unpaired) electrons. The maximum absolute atomic E-state index is 5.42. The number of halogens is 1. The van der Waals surface area contributed by atoms with Gasteiger partial charge < -0.3 is 24.5 Å². The first-order valence-electron chi connectivity index (χ1n) is 10.4. The van der Waals surface area contributed by atoms with Crippen molar-refractivity contribution in [3.63, 3.8) is 0 Å². The number of guanidine groups is 1. The fraction of sp³-hybridized carbons (Fsp3) is 0.455. The monoisotopic (exact) mass is 553 g/mol. The van der Waals surface area contributed by atoms with E-state index in [1.54, 1.807) is 7.11 Å². The zero-order valence-electron chi connectivity index (χ0n) is 19.3. The number of methoxy groups -OCH3 is 1. The number of rotatable bonds is 9. The summed E-state index contributed by atoms with van der Waals surface area (Å²) in [6.07, 6.45) is 0.855. The molecule has 0 aliphatic rings. The summed E-state index contributed by atoms with van der Waals surface area (Å²) >= 11 is 0. The van der Waals surface area contributed by atoms with Crippen molar-refractivity contribution in [1.29, 1.82) is 0 Å². The summed E-state index contributed by atoms with van der Waals surface area (Å²) in [5, 5.41) is 19.1. The van der Waals surface area contributed by atoms with Crippen molar-refractivity contribution in [2.45, 2.75) is 46.2 Å². The third kappa shape index (κ3) is 7.21. The number of aryl methyl sites for hydroxylation is 1. The maximum atomic E-state index is 5.42. The van der Waals surface area contributed by atoms with Gasteiger partial charge in [-0.2, -0.15) is 0 Å². The summed E-state index contributed by atoms with van der Waals surface area (Å²) in [5.41, 5.74) is 2.16. The second-order valence-electron chi connectivity index (χ2n) is 7.64. The average Bonchev–Trinajstić information content (AvgIpc) is 3.38. The van der Waals surface area contributed by atoms with Gasteiger partial charge in [-0.3, -0.25) is 0 Å². The molecule has 0 bridgehead atoms. The molecule has 10 heteroatoms. The van der Waals surface area contributed by atoms with Crippen LogP contribution in [0.3, 0.4) is 0 Å². The van der Waals surface area contributed by atoms with Crippen LogP contribution in [0.5, 0.6) is 5.75 Å². The van der Waals surface area contributed by atoms with Crippen molar-refractivity contribution in [2.75, 3.05) is 13.7 Å². The summed E-state index contributed by atoms with van der Waals surface area (Å²) in [5.74, 6) is 4.28. The number of hydrogen-bond donors (Lipinski definition) is 2. The molecule has 0 amide bonds. The largest absolute Gasteiger partial charge is 0.497 e. The molecule has 2 N–H and O–H groups in total. The van der Waals surface area contributed by atoms with Crippen molar-refractivity contribution >= 4 is 29.9 Å². The quantitative estimate of drug-likeness (QED) is 0.238. The lowest BCUT2D eigenvalue weighted by molar-refractivity contribution is 0.372. The van der Waals surface area contributed by atoms with E-state index in [2.05, 4.69) is 57.0 Å². The van der Waals surface area contributed by atoms with Gasteiger partial charge in [-0.15, -0.1) is 34.2 Å². The molecule has 0 saturated carbocycles. The Morgan fingerprint density at radius 2 is 1.94 bits per heavy atom. The van der Waals surface area contributed by atoms with Crippen LogP contribution in [-0.4, -0.2) is 39.5 Å². The van der Waals surface area contributed by atoms with Crippen molar-refractivity contribution in [1.82, 2.24) is 30.6 Å². The number of aliphatic imine (C=N–C) groups is 1. The highest BCUT2D eigenvalue weighted by Gasteiger charge is 2.09. The van der Waals surface area contributed by atoms with Crippen LogP contribution in [0.2, 0.25) is 0 Å². The van der Waals surface area contributed by atoms with E-state index in [1.165, 1.54) is 5.56 Å². The van der Waals surface area contributed by atoms with Gasteiger partial charge in [-0.05, 0) is 37.0 Å². The Morgan fingerprint density at radius 3 is 2.53 bits per heavy atom. The molecule has 1 aromatic carbocycles. The summed E-state index contributed by atoms with van der Waals surface area (Å²) in [4.78, 5) is 4.67. The summed E-state index contributed by atoms with van der Waals surface area (Å²) in [6.45, 7) is 7.73. The lowest BCUT2D eigenvalue weighted by Crippen LogP contribution is -2.38. The van der Waals surface area contributed by atoms with Crippen molar-refractivity contribution in [3.05, 3.63) is 59.0 Å². The first kappa shape index (κ1) is 25.6. The van der Waals surface area contributed by atoms with Gasteiger partial charge in [-0.25, -0.2) is 4.99 Å². The van der Waals surface area contributed by atoms with Gasteiger partial charge >= 0.3 is 0 Å². The second-order valence-corrected chi connectivity index (χ2v) is 7.64. The minimum absolute atomic E-state index is 0.